The smallest absolute Gasteiger partial charge is 0.245 e. The van der Waals surface area contributed by atoms with E-state index in [1.54, 1.807) is 36.5 Å². The van der Waals surface area contributed by atoms with E-state index >= 15 is 0 Å². The molecule has 0 aliphatic carbocycles. The molecule has 1 atom stereocenters. The van der Waals surface area contributed by atoms with Crippen LogP contribution in [-0.4, -0.2) is 43.2 Å². The molecule has 8 heteroatoms. The predicted octanol–water partition coefficient (Wildman–Crippen LogP) is 2.80. The van der Waals surface area contributed by atoms with Gasteiger partial charge in [-0.15, -0.1) is 0 Å². The molecule has 4 rings (SSSR count). The third-order valence-electron chi connectivity index (χ3n) is 5.06. The Hall–Kier alpha value is -2.84. The molecular formula is C20H18FN3O3S. The first kappa shape index (κ1) is 18.5. The number of likely N-dealkylation sites (N-methyl/N-ethyl adjacent to an activating group) is 1. The van der Waals surface area contributed by atoms with Gasteiger partial charge < -0.3 is 4.90 Å². The molecule has 6 nitrogen and oxygen atoms in total. The Balaban J connectivity index is 1.68. The fourth-order valence-electron chi connectivity index (χ4n) is 3.55. The van der Waals surface area contributed by atoms with E-state index in [4.69, 9.17) is 0 Å². The molecule has 0 radical (unpaired) electrons. The number of nitrogens with zero attached hydrogens (tertiary/aromatic N) is 3. The van der Waals surface area contributed by atoms with Gasteiger partial charge in [0, 0.05) is 36.8 Å². The highest BCUT2D eigenvalue weighted by atomic mass is 32.2. The van der Waals surface area contributed by atoms with E-state index in [9.17, 15) is 17.6 Å². The van der Waals surface area contributed by atoms with Gasteiger partial charge in [-0.2, -0.15) is 4.31 Å². The molecule has 2 heterocycles. The molecule has 1 saturated heterocycles. The van der Waals surface area contributed by atoms with Gasteiger partial charge >= 0.3 is 0 Å². The highest BCUT2D eigenvalue weighted by molar-refractivity contribution is 7.89. The number of rotatable bonds is 4. The van der Waals surface area contributed by atoms with Gasteiger partial charge in [-0.05, 0) is 30.7 Å². The molecule has 0 bridgehead atoms. The quantitative estimate of drug-likeness (QED) is 0.676. The van der Waals surface area contributed by atoms with Crippen molar-refractivity contribution in [3.8, 4) is 0 Å². The molecule has 0 N–H and O–H groups in total. The Bertz CT molecular complexity index is 1160. The van der Waals surface area contributed by atoms with Gasteiger partial charge in [0.05, 0.1) is 10.6 Å². The summed E-state index contributed by atoms with van der Waals surface area (Å²) in [4.78, 5) is 18.3. The van der Waals surface area contributed by atoms with Crippen LogP contribution in [0.2, 0.25) is 0 Å². The normalized spacial score (nSPS) is 17.6. The zero-order chi connectivity index (χ0) is 19.9. The Morgan fingerprint density at radius 3 is 2.71 bits per heavy atom. The number of para-hydroxylation sites is 1. The van der Waals surface area contributed by atoms with Crippen LogP contribution in [-0.2, 0) is 14.8 Å². The molecule has 2 aromatic carbocycles. The lowest BCUT2D eigenvalue weighted by molar-refractivity contribution is -0.120. The van der Waals surface area contributed by atoms with Crippen molar-refractivity contribution in [3.63, 3.8) is 0 Å². The van der Waals surface area contributed by atoms with Crippen molar-refractivity contribution < 1.29 is 17.6 Å². The molecule has 1 amide bonds. The Morgan fingerprint density at radius 2 is 1.93 bits per heavy atom. The molecule has 3 aromatic rings. The number of benzene rings is 2. The largest absolute Gasteiger partial charge is 0.308 e. The van der Waals surface area contributed by atoms with E-state index in [2.05, 4.69) is 4.98 Å². The lowest BCUT2D eigenvalue weighted by atomic mass is 10.2. The van der Waals surface area contributed by atoms with Crippen molar-refractivity contribution in [2.24, 2.45) is 0 Å². The van der Waals surface area contributed by atoms with Crippen molar-refractivity contribution in [1.82, 2.24) is 9.29 Å². The maximum Gasteiger partial charge on any atom is 0.245 e. The van der Waals surface area contributed by atoms with E-state index < -0.39 is 27.8 Å². The molecule has 144 valence electrons. The van der Waals surface area contributed by atoms with Crippen LogP contribution < -0.4 is 4.90 Å². The number of carbonyl (C=O) groups is 1. The maximum absolute atomic E-state index is 14.1. The van der Waals surface area contributed by atoms with Gasteiger partial charge in [0.1, 0.15) is 11.9 Å². The van der Waals surface area contributed by atoms with E-state index in [1.165, 1.54) is 36.3 Å². The maximum atomic E-state index is 14.1. The average Bonchev–Trinajstić information content (AvgIpc) is 3.08. The zero-order valence-electron chi connectivity index (χ0n) is 15.1. The molecule has 0 saturated carbocycles. The number of anilines is 1. The average molecular weight is 399 g/mol. The van der Waals surface area contributed by atoms with Gasteiger partial charge in [-0.25, -0.2) is 12.8 Å². The Kier molecular flexibility index (Phi) is 4.60. The summed E-state index contributed by atoms with van der Waals surface area (Å²) < 4.78 is 41.7. The summed E-state index contributed by atoms with van der Waals surface area (Å²) in [7, 11) is -2.54. The fourth-order valence-corrected chi connectivity index (χ4v) is 5.11. The molecule has 1 aromatic heterocycles. The number of aromatic nitrogens is 1. The van der Waals surface area contributed by atoms with E-state index in [0.717, 1.165) is 4.31 Å². The summed E-state index contributed by atoms with van der Waals surface area (Å²) >= 11 is 0. The van der Waals surface area contributed by atoms with Gasteiger partial charge in [0.25, 0.3) is 0 Å². The number of sulfonamides is 1. The topological polar surface area (TPSA) is 70.6 Å². The number of hydrogen-bond acceptors (Lipinski definition) is 4. The summed E-state index contributed by atoms with van der Waals surface area (Å²) in [5.74, 6) is -0.943. The van der Waals surface area contributed by atoms with Crippen molar-refractivity contribution in [2.45, 2.75) is 17.4 Å². The monoisotopic (exact) mass is 399 g/mol. The first-order chi connectivity index (χ1) is 13.4. The second-order valence-electron chi connectivity index (χ2n) is 6.62. The van der Waals surface area contributed by atoms with Crippen LogP contribution in [0.5, 0.6) is 0 Å². The molecule has 1 aliphatic heterocycles. The van der Waals surface area contributed by atoms with Crippen LogP contribution in [0.4, 0.5) is 10.1 Å². The Morgan fingerprint density at radius 1 is 1.14 bits per heavy atom. The van der Waals surface area contributed by atoms with E-state index in [-0.39, 0.29) is 23.5 Å². The standard InChI is InChI=1S/C20H18FN3O3S/c1-23(18-10-12-24(20(18)25)17-7-3-2-6-16(17)21)28(26,27)19-8-4-5-14-13-22-11-9-15(14)19/h2-9,11,13,18H,10,12H2,1H3. The molecular weight excluding hydrogens is 381 g/mol. The van der Waals surface area contributed by atoms with Gasteiger partial charge in [-0.1, -0.05) is 24.3 Å². The van der Waals surface area contributed by atoms with E-state index in [0.29, 0.717) is 10.8 Å². The minimum atomic E-state index is -3.93. The number of carbonyl (C=O) groups excluding carboxylic acids is 1. The van der Waals surface area contributed by atoms with E-state index in [1.807, 2.05) is 0 Å². The predicted molar refractivity (Wildman–Crippen MR) is 104 cm³/mol. The van der Waals surface area contributed by atoms with Crippen molar-refractivity contribution in [1.29, 1.82) is 0 Å². The number of hydrogen-bond donors (Lipinski definition) is 0. The van der Waals surface area contributed by atoms with Gasteiger partial charge in [-0.3, -0.25) is 9.78 Å². The Labute approximate surface area is 162 Å². The summed E-state index contributed by atoms with van der Waals surface area (Å²) in [6.07, 6.45) is 3.41. The van der Waals surface area contributed by atoms with Gasteiger partial charge in [0.2, 0.25) is 15.9 Å². The van der Waals surface area contributed by atoms with Crippen molar-refractivity contribution in [2.75, 3.05) is 18.5 Å². The highest BCUT2D eigenvalue weighted by Crippen LogP contribution is 2.30. The number of pyridine rings is 1. The number of fused-ring (bicyclic) bond motifs is 1. The fraction of sp³-hybridized carbons (Fsp3) is 0.200. The molecule has 1 aliphatic rings. The van der Waals surface area contributed by atoms with Crippen LogP contribution >= 0.6 is 0 Å². The molecule has 1 unspecified atom stereocenters. The summed E-state index contributed by atoms with van der Waals surface area (Å²) in [5.41, 5.74) is 0.164. The highest BCUT2D eigenvalue weighted by Gasteiger charge is 2.41. The molecule has 1 fully saturated rings. The van der Waals surface area contributed by atoms with Crippen molar-refractivity contribution >= 4 is 32.4 Å². The third kappa shape index (κ3) is 2.94. The number of amides is 1. The van der Waals surface area contributed by atoms with Crippen LogP contribution in [0.1, 0.15) is 6.42 Å². The second-order valence-corrected chi connectivity index (χ2v) is 8.59. The first-order valence-corrected chi connectivity index (χ1v) is 10.2. The van der Waals surface area contributed by atoms with Crippen LogP contribution in [0.25, 0.3) is 10.8 Å². The van der Waals surface area contributed by atoms with Crippen LogP contribution in [0.3, 0.4) is 0 Å². The summed E-state index contributed by atoms with van der Waals surface area (Å²) in [5, 5.41) is 1.24. The first-order valence-electron chi connectivity index (χ1n) is 8.78. The molecule has 0 spiro atoms. The van der Waals surface area contributed by atoms with Crippen molar-refractivity contribution in [3.05, 3.63) is 66.7 Å². The third-order valence-corrected chi connectivity index (χ3v) is 6.98. The minimum Gasteiger partial charge on any atom is -0.308 e. The lowest BCUT2D eigenvalue weighted by Gasteiger charge is -2.24. The SMILES string of the molecule is CN(C1CCN(c2ccccc2F)C1=O)S(=O)(=O)c1cccc2cnccc12. The minimum absolute atomic E-state index is 0.118. The summed E-state index contributed by atoms with van der Waals surface area (Å²) in [6, 6.07) is 11.7. The van der Waals surface area contributed by atoms with Crippen LogP contribution in [0, 0.1) is 5.82 Å². The lowest BCUT2D eigenvalue weighted by Crippen LogP contribution is -2.43. The number of halogens is 1. The second kappa shape index (κ2) is 6.96. The zero-order valence-corrected chi connectivity index (χ0v) is 15.9. The van der Waals surface area contributed by atoms with Crippen LogP contribution in [0.15, 0.2) is 65.8 Å². The summed E-state index contributed by atoms with van der Waals surface area (Å²) in [6.45, 7) is 0.254. The van der Waals surface area contributed by atoms with Gasteiger partial charge in [0.15, 0.2) is 0 Å². The molecule has 28 heavy (non-hydrogen) atoms.